The molecule has 42 heavy (non-hydrogen) atoms. The Kier molecular flexibility index (Phi) is 8.17. The van der Waals surface area contributed by atoms with Gasteiger partial charge < -0.3 is 10.6 Å². The van der Waals surface area contributed by atoms with Crippen molar-refractivity contribution in [3.63, 3.8) is 0 Å². The molecule has 0 radical (unpaired) electrons. The van der Waals surface area contributed by atoms with Crippen molar-refractivity contribution in [2.45, 2.75) is 17.9 Å². The van der Waals surface area contributed by atoms with E-state index >= 15 is 0 Å². The Morgan fingerprint density at radius 2 is 1.79 bits per heavy atom. The molecule has 0 aliphatic rings. The van der Waals surface area contributed by atoms with Gasteiger partial charge in [-0.25, -0.2) is 4.98 Å². The average Bonchev–Trinajstić information content (AvgIpc) is 3.57. The molecule has 0 saturated carbocycles. The second kappa shape index (κ2) is 12.0. The predicted molar refractivity (Wildman–Crippen MR) is 150 cm³/mol. The Morgan fingerprint density at radius 1 is 1.02 bits per heavy atom. The Labute approximate surface area is 242 Å². The van der Waals surface area contributed by atoms with Crippen molar-refractivity contribution < 1.29 is 27.7 Å². The molecule has 11 nitrogen and oxygen atoms in total. The average molecular weight is 614 g/mol. The van der Waals surface area contributed by atoms with E-state index in [0.717, 1.165) is 34.1 Å². The SMILES string of the molecule is O=C(CSc1nnc(CNC(=O)c2ccc([N+](=O)[O-])cc2)n1-c1cccc(C(F)(F)F)c1)Nc1nc2ccccc2s1. The van der Waals surface area contributed by atoms with E-state index in [2.05, 4.69) is 25.8 Å². The zero-order valence-corrected chi connectivity index (χ0v) is 22.8. The number of para-hydroxylation sites is 1. The summed E-state index contributed by atoms with van der Waals surface area (Å²) in [7, 11) is 0. The van der Waals surface area contributed by atoms with Crippen LogP contribution < -0.4 is 10.6 Å². The van der Waals surface area contributed by atoms with Crippen molar-refractivity contribution in [2.75, 3.05) is 11.1 Å². The van der Waals surface area contributed by atoms with E-state index in [0.29, 0.717) is 5.13 Å². The third-order valence-corrected chi connectivity index (χ3v) is 7.63. The Bertz CT molecular complexity index is 1760. The van der Waals surface area contributed by atoms with Gasteiger partial charge in [-0.05, 0) is 42.5 Å². The number of benzene rings is 3. The first-order valence-corrected chi connectivity index (χ1v) is 13.8. The Hall–Kier alpha value is -4.83. The molecule has 0 saturated heterocycles. The summed E-state index contributed by atoms with van der Waals surface area (Å²) < 4.78 is 42.6. The number of hydrogen-bond donors (Lipinski definition) is 2. The maximum atomic E-state index is 13.5. The molecule has 3 aromatic carbocycles. The zero-order chi connectivity index (χ0) is 29.9. The third kappa shape index (κ3) is 6.55. The van der Waals surface area contributed by atoms with Crippen LogP contribution in [-0.4, -0.2) is 42.2 Å². The number of fused-ring (bicyclic) bond motifs is 1. The number of carbonyl (C=O) groups excluding carboxylic acids is 2. The van der Waals surface area contributed by atoms with Crippen molar-refractivity contribution in [3.05, 3.63) is 99.9 Å². The topological polar surface area (TPSA) is 145 Å². The van der Waals surface area contributed by atoms with Crippen molar-refractivity contribution >= 4 is 55.9 Å². The summed E-state index contributed by atoms with van der Waals surface area (Å²) in [6.45, 7) is -0.239. The highest BCUT2D eigenvalue weighted by Crippen LogP contribution is 2.32. The van der Waals surface area contributed by atoms with Crippen LogP contribution in [0.25, 0.3) is 15.9 Å². The first kappa shape index (κ1) is 28.7. The van der Waals surface area contributed by atoms with Gasteiger partial charge in [-0.15, -0.1) is 10.2 Å². The molecule has 2 aromatic heterocycles. The van der Waals surface area contributed by atoms with Crippen molar-refractivity contribution in [1.29, 1.82) is 0 Å². The second-order valence-electron chi connectivity index (χ2n) is 8.59. The van der Waals surface area contributed by atoms with Crippen LogP contribution in [0.5, 0.6) is 0 Å². The van der Waals surface area contributed by atoms with Crippen LogP contribution in [0.4, 0.5) is 24.0 Å². The predicted octanol–water partition coefficient (Wildman–Crippen LogP) is 5.46. The number of amides is 2. The number of rotatable bonds is 9. The van der Waals surface area contributed by atoms with Gasteiger partial charge in [-0.2, -0.15) is 13.2 Å². The number of halogens is 3. The number of anilines is 1. The quantitative estimate of drug-likeness (QED) is 0.127. The van der Waals surface area contributed by atoms with Crippen LogP contribution in [-0.2, 0) is 17.5 Å². The van der Waals surface area contributed by atoms with Crippen LogP contribution in [0, 0.1) is 10.1 Å². The van der Waals surface area contributed by atoms with Gasteiger partial charge in [0.05, 0.1) is 38.7 Å². The number of non-ortho nitro benzene ring substituents is 1. The van der Waals surface area contributed by atoms with Crippen molar-refractivity contribution in [2.24, 2.45) is 0 Å². The van der Waals surface area contributed by atoms with Crippen molar-refractivity contribution in [1.82, 2.24) is 25.1 Å². The first-order valence-electron chi connectivity index (χ1n) is 12.0. The summed E-state index contributed by atoms with van der Waals surface area (Å²) in [6, 6.07) is 16.8. The molecule has 0 aliphatic heterocycles. The number of carbonyl (C=O) groups is 2. The lowest BCUT2D eigenvalue weighted by atomic mass is 10.2. The lowest BCUT2D eigenvalue weighted by Gasteiger charge is -2.13. The van der Waals surface area contributed by atoms with E-state index in [1.807, 2.05) is 24.3 Å². The van der Waals surface area contributed by atoms with Gasteiger partial charge in [0.1, 0.15) is 0 Å². The standard InChI is InChI=1S/C26H18F3N7O4S2/c27-26(28,29)16-4-3-5-18(12-16)35-21(13-30-23(38)15-8-10-17(11-9-15)36(39)40)33-34-25(35)41-14-22(37)32-24-31-19-6-1-2-7-20(19)42-24/h1-12H,13-14H2,(H,30,38)(H,31,32,37). The summed E-state index contributed by atoms with van der Waals surface area (Å²) in [5, 5.41) is 24.8. The summed E-state index contributed by atoms with van der Waals surface area (Å²) in [6.07, 6.45) is -4.61. The molecule has 0 spiro atoms. The minimum Gasteiger partial charge on any atom is -0.345 e. The first-order chi connectivity index (χ1) is 20.1. The van der Waals surface area contributed by atoms with Crippen LogP contribution in [0.1, 0.15) is 21.7 Å². The normalized spacial score (nSPS) is 11.4. The van der Waals surface area contributed by atoms with Crippen LogP contribution in [0.3, 0.4) is 0 Å². The van der Waals surface area contributed by atoms with E-state index in [1.165, 1.54) is 52.3 Å². The van der Waals surface area contributed by atoms with Gasteiger partial charge in [0.25, 0.3) is 11.6 Å². The fourth-order valence-corrected chi connectivity index (χ4v) is 5.45. The second-order valence-corrected chi connectivity index (χ2v) is 10.6. The minimum atomic E-state index is -4.61. The number of hydrogen-bond acceptors (Lipinski definition) is 9. The summed E-state index contributed by atoms with van der Waals surface area (Å²) >= 11 is 2.24. The van der Waals surface area contributed by atoms with E-state index in [-0.39, 0.29) is 40.2 Å². The van der Waals surface area contributed by atoms with Gasteiger partial charge in [0.15, 0.2) is 16.1 Å². The molecule has 0 aliphatic carbocycles. The van der Waals surface area contributed by atoms with E-state index in [4.69, 9.17) is 0 Å². The van der Waals surface area contributed by atoms with E-state index < -0.39 is 28.5 Å². The summed E-state index contributed by atoms with van der Waals surface area (Å²) in [5.74, 6) is -1.06. The number of nitro benzene ring substituents is 1. The third-order valence-electron chi connectivity index (χ3n) is 5.75. The molecule has 0 bridgehead atoms. The number of thiazole rings is 1. The Morgan fingerprint density at radius 3 is 2.50 bits per heavy atom. The van der Waals surface area contributed by atoms with Gasteiger partial charge >= 0.3 is 6.18 Å². The highest BCUT2D eigenvalue weighted by Gasteiger charge is 2.31. The molecule has 0 atom stereocenters. The minimum absolute atomic E-state index is 0.0727. The number of alkyl halides is 3. The molecule has 0 unspecified atom stereocenters. The van der Waals surface area contributed by atoms with Gasteiger partial charge in [0.2, 0.25) is 5.91 Å². The molecule has 0 fully saturated rings. The largest absolute Gasteiger partial charge is 0.416 e. The molecular formula is C26H18F3N7O4S2. The van der Waals surface area contributed by atoms with Gasteiger partial charge in [-0.1, -0.05) is 41.3 Å². The van der Waals surface area contributed by atoms with Crippen LogP contribution in [0.15, 0.2) is 78.0 Å². The molecular weight excluding hydrogens is 595 g/mol. The number of nitrogens with zero attached hydrogens (tertiary/aromatic N) is 5. The lowest BCUT2D eigenvalue weighted by Crippen LogP contribution is -2.24. The monoisotopic (exact) mass is 613 g/mol. The summed E-state index contributed by atoms with van der Waals surface area (Å²) in [5.41, 5.74) is -0.158. The molecule has 214 valence electrons. The molecule has 2 heterocycles. The number of aromatic nitrogens is 4. The number of nitro groups is 1. The van der Waals surface area contributed by atoms with E-state index in [1.54, 1.807) is 0 Å². The number of nitrogens with one attached hydrogen (secondary N) is 2. The van der Waals surface area contributed by atoms with Gasteiger partial charge in [0, 0.05) is 17.7 Å². The fourth-order valence-electron chi connectivity index (χ4n) is 3.80. The van der Waals surface area contributed by atoms with Crippen LogP contribution >= 0.6 is 23.1 Å². The molecule has 5 rings (SSSR count). The van der Waals surface area contributed by atoms with Gasteiger partial charge in [-0.3, -0.25) is 24.3 Å². The maximum absolute atomic E-state index is 13.5. The molecule has 5 aromatic rings. The number of thioether (sulfide) groups is 1. The van der Waals surface area contributed by atoms with E-state index in [9.17, 15) is 32.9 Å². The highest BCUT2D eigenvalue weighted by molar-refractivity contribution is 7.99. The molecule has 2 N–H and O–H groups in total. The van der Waals surface area contributed by atoms with Crippen molar-refractivity contribution in [3.8, 4) is 5.69 Å². The smallest absolute Gasteiger partial charge is 0.345 e. The molecule has 2 amide bonds. The van der Waals surface area contributed by atoms with Crippen LogP contribution in [0.2, 0.25) is 0 Å². The lowest BCUT2D eigenvalue weighted by molar-refractivity contribution is -0.384. The zero-order valence-electron chi connectivity index (χ0n) is 21.2. The fraction of sp³-hybridized carbons (Fsp3) is 0.115. The maximum Gasteiger partial charge on any atom is 0.416 e. The summed E-state index contributed by atoms with van der Waals surface area (Å²) in [4.78, 5) is 39.9. The Balaban J connectivity index is 1.35. The highest BCUT2D eigenvalue weighted by atomic mass is 32.2. The molecule has 16 heteroatoms.